The predicted molar refractivity (Wildman–Crippen MR) is 238 cm³/mol. The van der Waals surface area contributed by atoms with Gasteiger partial charge in [-0.2, -0.15) is 0 Å². The van der Waals surface area contributed by atoms with E-state index < -0.39 is 17.9 Å². The van der Waals surface area contributed by atoms with E-state index in [9.17, 15) is 19.5 Å². The molecule has 2 fully saturated rings. The van der Waals surface area contributed by atoms with Crippen molar-refractivity contribution in [2.75, 3.05) is 36.0 Å². The van der Waals surface area contributed by atoms with Crippen LogP contribution >= 0.6 is 23.2 Å². The number of halogens is 2. The maximum atomic E-state index is 12.7. The van der Waals surface area contributed by atoms with E-state index in [-0.39, 0.29) is 57.4 Å². The van der Waals surface area contributed by atoms with Crippen molar-refractivity contribution in [3.63, 3.8) is 0 Å². The molecule has 12 nitrogen and oxygen atoms in total. The molecule has 3 radical (unpaired) electrons. The van der Waals surface area contributed by atoms with Crippen LogP contribution in [0.5, 0.6) is 11.8 Å². The summed E-state index contributed by atoms with van der Waals surface area (Å²) in [6.45, 7) is 2.52. The first kappa shape index (κ1) is 47.6. The van der Waals surface area contributed by atoms with Gasteiger partial charge in [-0.05, 0) is 65.7 Å². The topological polar surface area (TPSA) is 174 Å². The van der Waals surface area contributed by atoms with Crippen molar-refractivity contribution in [3.8, 4) is 11.8 Å². The number of anilines is 2. The quantitative estimate of drug-likeness (QED) is 0.120. The molecular weight excluding hydrogens is 837 g/mol. The number of aliphatic hydroxyl groups excluding tert-OH is 1. The van der Waals surface area contributed by atoms with E-state index in [2.05, 4.69) is 14.9 Å². The van der Waals surface area contributed by atoms with E-state index in [1.54, 1.807) is 85.2 Å². The fourth-order valence-corrected chi connectivity index (χ4v) is 7.58. The van der Waals surface area contributed by atoms with Crippen molar-refractivity contribution < 1.29 is 59.9 Å². The number of primary amides is 2. The zero-order chi connectivity index (χ0) is 42.2. The van der Waals surface area contributed by atoms with Gasteiger partial charge in [-0.1, -0.05) is 89.9 Å². The molecule has 0 saturated carbocycles. The Labute approximate surface area is 395 Å². The molecule has 5 N–H and O–H groups in total. The molecule has 4 heterocycles. The number of hydrogen-bond donors (Lipinski definition) is 3. The van der Waals surface area contributed by atoms with Gasteiger partial charge >= 0.3 is 29.6 Å². The summed E-state index contributed by atoms with van der Waals surface area (Å²) in [5.74, 6) is -0.474. The van der Waals surface area contributed by atoms with Crippen molar-refractivity contribution in [3.05, 3.63) is 177 Å². The molecule has 2 amide bonds. The minimum atomic E-state index is -0.834. The minimum absolute atomic E-state index is 0. The van der Waals surface area contributed by atoms with Gasteiger partial charge in [-0.3, -0.25) is 14.4 Å². The number of hydrogen-bond acceptors (Lipinski definition) is 10. The van der Waals surface area contributed by atoms with Crippen LogP contribution in [0.25, 0.3) is 0 Å². The predicted octanol–water partition coefficient (Wildman–Crippen LogP) is 4.03. The second-order valence-corrected chi connectivity index (χ2v) is 15.1. The molecule has 6 aromatic rings. The maximum Gasteiger partial charge on any atom is 1.00 e. The number of ketones is 1. The van der Waals surface area contributed by atoms with Crippen LogP contribution in [0.15, 0.2) is 134 Å². The number of pyridine rings is 2. The van der Waals surface area contributed by atoms with Crippen LogP contribution in [-0.4, -0.2) is 79.5 Å². The number of carbonyl (C=O) groups is 3. The number of amides is 2. The first-order chi connectivity index (χ1) is 29.0. The maximum absolute atomic E-state index is 12.7. The normalized spacial score (nSPS) is 15.9. The molecule has 0 aliphatic carbocycles. The first-order valence-electron chi connectivity index (χ1n) is 19.3. The van der Waals surface area contributed by atoms with Crippen LogP contribution in [-0.2, 0) is 0 Å². The van der Waals surface area contributed by atoms with Gasteiger partial charge in [0.1, 0.15) is 28.4 Å². The Morgan fingerprint density at radius 3 is 1.63 bits per heavy atom. The standard InChI is InChI=1S/C23H22ClN3O3.C23H20ClN3O3.B.Na.H/c2*24-19-7-4-11-26-23(19)30-17-10-12-27(14-17)20-9-8-16(13-18(20)22(25)29)21(28)15-5-2-1-3-6-15;;;/h1-9,11,13,17,21,28H,10,12,14H2,(H2,25,29);1-9,11,13,17H,10,12,14H2,(H2,25,29);;;/q;;;+1;-1/t17-,21?;17-;;;/m00.../s1. The molecule has 2 aliphatic rings. The third kappa shape index (κ3) is 11.5. The molecule has 2 saturated heterocycles. The largest absolute Gasteiger partial charge is 1.00 e. The molecule has 0 spiro atoms. The summed E-state index contributed by atoms with van der Waals surface area (Å²) in [5, 5.41) is 11.6. The van der Waals surface area contributed by atoms with Gasteiger partial charge in [0.15, 0.2) is 5.78 Å². The molecule has 8 rings (SSSR count). The van der Waals surface area contributed by atoms with Crippen LogP contribution in [0.3, 0.4) is 0 Å². The minimum Gasteiger partial charge on any atom is -1.00 e. The number of nitrogens with two attached hydrogens (primary N) is 2. The summed E-state index contributed by atoms with van der Waals surface area (Å²) in [7, 11) is 0. The third-order valence-corrected chi connectivity index (χ3v) is 10.8. The summed E-state index contributed by atoms with van der Waals surface area (Å²) in [6, 6.07) is 35.6. The smallest absolute Gasteiger partial charge is 1.00 e. The summed E-state index contributed by atoms with van der Waals surface area (Å²) >= 11 is 12.3. The average Bonchev–Trinajstić information content (AvgIpc) is 3.95. The number of nitrogens with zero attached hydrogens (tertiary/aromatic N) is 4. The Bertz CT molecular complexity index is 2500. The Kier molecular flexibility index (Phi) is 17.0. The number of carbonyl (C=O) groups excluding carboxylic acids is 3. The van der Waals surface area contributed by atoms with Crippen molar-refractivity contribution in [2.45, 2.75) is 31.2 Å². The third-order valence-electron chi connectivity index (χ3n) is 10.3. The Morgan fingerprint density at radius 2 is 1.13 bits per heavy atom. The molecule has 4 aromatic carbocycles. The molecule has 2 aromatic heterocycles. The Balaban J connectivity index is 0.000000264. The fourth-order valence-electron chi connectivity index (χ4n) is 7.25. The van der Waals surface area contributed by atoms with E-state index in [0.29, 0.717) is 81.5 Å². The van der Waals surface area contributed by atoms with Crippen LogP contribution in [0.4, 0.5) is 11.4 Å². The van der Waals surface area contributed by atoms with Gasteiger partial charge in [-0.15, -0.1) is 0 Å². The SMILES string of the molecule is NC(=O)c1cc(C(=O)c2ccccc2)ccc1N1CC[C@H](Oc2ncccc2Cl)C1.NC(=O)c1cc(C(O)c2ccccc2)ccc1N1CC[C@H](Oc2ncccc2Cl)C1.[B].[H-].[Na+]. The van der Waals surface area contributed by atoms with Crippen LogP contribution < -0.4 is 60.3 Å². The second-order valence-electron chi connectivity index (χ2n) is 14.3. The molecule has 62 heavy (non-hydrogen) atoms. The number of rotatable bonds is 12. The van der Waals surface area contributed by atoms with Crippen molar-refractivity contribution >= 4 is 60.6 Å². The molecule has 3 atom stereocenters. The molecule has 16 heteroatoms. The number of benzene rings is 4. The first-order valence-corrected chi connectivity index (χ1v) is 20.1. The van der Waals surface area contributed by atoms with Gasteiger partial charge in [0.2, 0.25) is 11.8 Å². The van der Waals surface area contributed by atoms with E-state index in [1.165, 1.54) is 0 Å². The Morgan fingerprint density at radius 1 is 0.645 bits per heavy atom. The van der Waals surface area contributed by atoms with Gasteiger partial charge in [0.05, 0.1) is 24.2 Å². The molecule has 0 bridgehead atoms. The van der Waals surface area contributed by atoms with Crippen LogP contribution in [0.1, 0.15) is 68.1 Å². The van der Waals surface area contributed by atoms with Crippen LogP contribution in [0, 0.1) is 0 Å². The van der Waals surface area contributed by atoms with E-state index >= 15 is 0 Å². The summed E-state index contributed by atoms with van der Waals surface area (Å²) in [4.78, 5) is 49.4. The second kappa shape index (κ2) is 22.1. The van der Waals surface area contributed by atoms with Gasteiger partial charge < -0.3 is 37.3 Å². The number of aromatic nitrogens is 2. The van der Waals surface area contributed by atoms with Gasteiger partial charge in [0, 0.05) is 69.2 Å². The summed E-state index contributed by atoms with van der Waals surface area (Å²) in [6.07, 6.45) is 3.71. The van der Waals surface area contributed by atoms with E-state index in [1.807, 2.05) is 53.4 Å². The van der Waals surface area contributed by atoms with Gasteiger partial charge in [-0.25, -0.2) is 9.97 Å². The van der Waals surface area contributed by atoms with Crippen molar-refractivity contribution in [1.29, 1.82) is 0 Å². The monoisotopic (exact) mass is 879 g/mol. The average molecular weight is 881 g/mol. The van der Waals surface area contributed by atoms with Gasteiger partial charge in [0.25, 0.3) is 11.8 Å². The van der Waals surface area contributed by atoms with Crippen molar-refractivity contribution in [1.82, 2.24) is 9.97 Å². The molecule has 2 aliphatic heterocycles. The molecule has 1 unspecified atom stereocenters. The summed E-state index contributed by atoms with van der Waals surface area (Å²) < 4.78 is 11.9. The van der Waals surface area contributed by atoms with E-state index in [4.69, 9.17) is 44.1 Å². The molecule has 311 valence electrons. The number of aliphatic hydroxyl groups is 1. The Hall–Kier alpha value is -5.41. The van der Waals surface area contributed by atoms with Crippen molar-refractivity contribution in [2.24, 2.45) is 11.5 Å². The zero-order valence-electron chi connectivity index (χ0n) is 34.9. The van der Waals surface area contributed by atoms with Crippen LogP contribution in [0.2, 0.25) is 10.0 Å². The number of ether oxygens (including phenoxy) is 2. The summed E-state index contributed by atoms with van der Waals surface area (Å²) in [5.41, 5.74) is 15.7. The zero-order valence-corrected chi connectivity index (χ0v) is 37.5. The van der Waals surface area contributed by atoms with E-state index in [0.717, 1.165) is 24.1 Å². The fraction of sp³-hybridized carbons (Fsp3) is 0.196. The molecular formula is C46H43BCl2N6NaO6.